The van der Waals surface area contributed by atoms with E-state index in [9.17, 15) is 9.59 Å². The van der Waals surface area contributed by atoms with Crippen molar-refractivity contribution in [1.29, 1.82) is 0 Å². The Morgan fingerprint density at radius 2 is 1.72 bits per heavy atom. The first-order chi connectivity index (χ1) is 11.8. The summed E-state index contributed by atoms with van der Waals surface area (Å²) < 4.78 is 10.5. The molecule has 6 nitrogen and oxygen atoms in total. The van der Waals surface area contributed by atoms with Crippen molar-refractivity contribution < 1.29 is 19.1 Å². The maximum atomic E-state index is 12.6. The first kappa shape index (κ1) is 21.0. The van der Waals surface area contributed by atoms with Crippen molar-refractivity contribution in [1.82, 2.24) is 9.80 Å². The predicted molar refractivity (Wildman–Crippen MR) is 97.7 cm³/mol. The zero-order valence-corrected chi connectivity index (χ0v) is 16.2. The molecule has 6 heteroatoms. The number of rotatable bonds is 9. The number of hydrogen-bond donors (Lipinski definition) is 0. The fourth-order valence-electron chi connectivity index (χ4n) is 2.50. The number of aryl methyl sites for hydroxylation is 2. The number of likely N-dealkylation sites (N-methyl/N-ethyl adjacent to an activating group) is 1. The van der Waals surface area contributed by atoms with Gasteiger partial charge in [0.1, 0.15) is 5.75 Å². The minimum absolute atomic E-state index is 0.0486. The van der Waals surface area contributed by atoms with Gasteiger partial charge in [-0.3, -0.25) is 9.59 Å². The summed E-state index contributed by atoms with van der Waals surface area (Å²) in [6, 6.07) is 5.87. The van der Waals surface area contributed by atoms with Crippen LogP contribution in [0.15, 0.2) is 18.2 Å². The Hall–Kier alpha value is -2.08. The summed E-state index contributed by atoms with van der Waals surface area (Å²) in [5, 5.41) is 0. The number of carbonyl (C=O) groups excluding carboxylic acids is 2. The first-order valence-electron chi connectivity index (χ1n) is 8.45. The fourth-order valence-corrected chi connectivity index (χ4v) is 2.50. The Labute approximate surface area is 150 Å². The van der Waals surface area contributed by atoms with Crippen molar-refractivity contribution in [2.75, 3.05) is 47.4 Å². The van der Waals surface area contributed by atoms with Crippen molar-refractivity contribution >= 4 is 11.9 Å². The predicted octanol–water partition coefficient (Wildman–Crippen LogP) is 1.88. The lowest BCUT2D eigenvalue weighted by molar-refractivity contribution is -0.146. The lowest BCUT2D eigenvalue weighted by atomic mass is 10.1. The van der Waals surface area contributed by atoms with Gasteiger partial charge in [-0.25, -0.2) is 0 Å². The highest BCUT2D eigenvalue weighted by Gasteiger charge is 2.22. The second kappa shape index (κ2) is 10.0. The van der Waals surface area contributed by atoms with Crippen LogP contribution in [0.25, 0.3) is 0 Å². The second-order valence-electron chi connectivity index (χ2n) is 6.58. The van der Waals surface area contributed by atoms with Crippen LogP contribution in [0.2, 0.25) is 0 Å². The van der Waals surface area contributed by atoms with E-state index in [-0.39, 0.29) is 24.4 Å². The molecule has 1 amide bonds. The largest absolute Gasteiger partial charge is 0.483 e. The van der Waals surface area contributed by atoms with E-state index in [1.165, 1.54) is 7.11 Å². The number of hydrogen-bond acceptors (Lipinski definition) is 5. The summed E-state index contributed by atoms with van der Waals surface area (Å²) >= 11 is 0. The van der Waals surface area contributed by atoms with Gasteiger partial charge < -0.3 is 19.3 Å². The molecular formula is C19H30N2O4. The van der Waals surface area contributed by atoms with Crippen LogP contribution in [-0.4, -0.2) is 69.1 Å². The third kappa shape index (κ3) is 6.74. The molecule has 1 aromatic rings. The Morgan fingerprint density at radius 1 is 1.12 bits per heavy atom. The molecule has 0 N–H and O–H groups in total. The summed E-state index contributed by atoms with van der Waals surface area (Å²) in [7, 11) is 5.24. The lowest BCUT2D eigenvalue weighted by Gasteiger charge is -2.26. The van der Waals surface area contributed by atoms with E-state index < -0.39 is 0 Å². The molecule has 1 rings (SSSR count). The SMILES string of the molecule is COC(=O)C(C)CN(CCN(C)C)C(=O)COc1c(C)cccc1C. The number of ether oxygens (including phenoxy) is 2. The lowest BCUT2D eigenvalue weighted by Crippen LogP contribution is -2.43. The molecule has 0 bridgehead atoms. The van der Waals surface area contributed by atoms with Gasteiger partial charge in [-0.15, -0.1) is 0 Å². The Balaban J connectivity index is 2.75. The van der Waals surface area contributed by atoms with Gasteiger partial charge in [0, 0.05) is 19.6 Å². The van der Waals surface area contributed by atoms with E-state index in [2.05, 4.69) is 0 Å². The molecule has 0 fully saturated rings. The summed E-state index contributed by atoms with van der Waals surface area (Å²) in [5.41, 5.74) is 1.99. The zero-order chi connectivity index (χ0) is 19.0. The minimum atomic E-state index is -0.378. The molecule has 0 heterocycles. The topological polar surface area (TPSA) is 59.1 Å². The number of esters is 1. The van der Waals surface area contributed by atoms with E-state index in [0.29, 0.717) is 19.6 Å². The van der Waals surface area contributed by atoms with E-state index >= 15 is 0 Å². The summed E-state index contributed by atoms with van der Waals surface area (Å²) in [4.78, 5) is 28.0. The number of nitrogens with zero attached hydrogens (tertiary/aromatic N) is 2. The average molecular weight is 350 g/mol. The van der Waals surface area contributed by atoms with Gasteiger partial charge in [-0.1, -0.05) is 25.1 Å². The standard InChI is InChI=1S/C19H30N2O4/c1-14-8-7-9-15(2)18(14)25-13-17(22)21(11-10-20(4)5)12-16(3)19(23)24-6/h7-9,16H,10-13H2,1-6H3. The normalized spacial score (nSPS) is 12.0. The quantitative estimate of drug-likeness (QED) is 0.637. The van der Waals surface area contributed by atoms with E-state index in [0.717, 1.165) is 16.9 Å². The van der Waals surface area contributed by atoms with E-state index in [4.69, 9.17) is 9.47 Å². The third-order valence-corrected chi connectivity index (χ3v) is 4.02. The molecule has 0 saturated carbocycles. The molecule has 0 radical (unpaired) electrons. The van der Waals surface area contributed by atoms with Crippen LogP contribution in [0.5, 0.6) is 5.75 Å². The molecule has 0 spiro atoms. The molecule has 0 aliphatic heterocycles. The monoisotopic (exact) mass is 350 g/mol. The smallest absolute Gasteiger partial charge is 0.310 e. The van der Waals surface area contributed by atoms with Crippen molar-refractivity contribution in [3.63, 3.8) is 0 Å². The second-order valence-corrected chi connectivity index (χ2v) is 6.58. The maximum absolute atomic E-state index is 12.6. The molecule has 25 heavy (non-hydrogen) atoms. The van der Waals surface area contributed by atoms with Crippen molar-refractivity contribution in [2.45, 2.75) is 20.8 Å². The molecule has 0 aliphatic carbocycles. The summed E-state index contributed by atoms with van der Waals surface area (Å²) in [5.74, 6) is -0.0979. The Kier molecular flexibility index (Phi) is 8.41. The highest BCUT2D eigenvalue weighted by Crippen LogP contribution is 2.22. The van der Waals surface area contributed by atoms with Crippen LogP contribution in [0.1, 0.15) is 18.1 Å². The van der Waals surface area contributed by atoms with E-state index in [1.54, 1.807) is 11.8 Å². The van der Waals surface area contributed by atoms with Crippen LogP contribution in [0, 0.1) is 19.8 Å². The van der Waals surface area contributed by atoms with Crippen molar-refractivity contribution in [3.05, 3.63) is 29.3 Å². The Morgan fingerprint density at radius 3 is 2.24 bits per heavy atom. The highest BCUT2D eigenvalue weighted by molar-refractivity contribution is 5.79. The van der Waals surface area contributed by atoms with Crippen LogP contribution in [0.3, 0.4) is 0 Å². The third-order valence-electron chi connectivity index (χ3n) is 4.02. The van der Waals surface area contributed by atoms with Gasteiger partial charge in [0.2, 0.25) is 0 Å². The van der Waals surface area contributed by atoms with Crippen LogP contribution in [-0.2, 0) is 14.3 Å². The zero-order valence-electron chi connectivity index (χ0n) is 16.2. The average Bonchev–Trinajstić information content (AvgIpc) is 2.56. The summed E-state index contributed by atoms with van der Waals surface area (Å²) in [6.07, 6.45) is 0. The summed E-state index contributed by atoms with van der Waals surface area (Å²) in [6.45, 7) is 7.18. The van der Waals surface area contributed by atoms with Gasteiger partial charge in [0.25, 0.3) is 5.91 Å². The van der Waals surface area contributed by atoms with E-state index in [1.807, 2.05) is 51.0 Å². The molecule has 0 aromatic heterocycles. The van der Waals surface area contributed by atoms with Crippen LogP contribution < -0.4 is 4.74 Å². The van der Waals surface area contributed by atoms with Gasteiger partial charge in [-0.05, 0) is 39.1 Å². The van der Waals surface area contributed by atoms with Crippen LogP contribution in [0.4, 0.5) is 0 Å². The molecule has 1 aromatic carbocycles. The maximum Gasteiger partial charge on any atom is 0.310 e. The fraction of sp³-hybridized carbons (Fsp3) is 0.579. The van der Waals surface area contributed by atoms with Crippen LogP contribution >= 0.6 is 0 Å². The molecular weight excluding hydrogens is 320 g/mol. The molecule has 140 valence electrons. The number of para-hydroxylation sites is 1. The molecule has 1 atom stereocenters. The van der Waals surface area contributed by atoms with Crippen molar-refractivity contribution in [2.24, 2.45) is 5.92 Å². The van der Waals surface area contributed by atoms with Gasteiger partial charge in [0.05, 0.1) is 13.0 Å². The number of methoxy groups -OCH3 is 1. The number of benzene rings is 1. The Bertz CT molecular complexity index is 567. The number of amides is 1. The highest BCUT2D eigenvalue weighted by atomic mass is 16.5. The van der Waals surface area contributed by atoms with Gasteiger partial charge >= 0.3 is 5.97 Å². The van der Waals surface area contributed by atoms with Gasteiger partial charge in [0.15, 0.2) is 6.61 Å². The van der Waals surface area contributed by atoms with Gasteiger partial charge in [-0.2, -0.15) is 0 Å². The first-order valence-corrected chi connectivity index (χ1v) is 8.45. The molecule has 0 saturated heterocycles. The van der Waals surface area contributed by atoms with Crippen molar-refractivity contribution in [3.8, 4) is 5.75 Å². The molecule has 0 aliphatic rings. The minimum Gasteiger partial charge on any atom is -0.483 e. The number of carbonyl (C=O) groups is 2. The molecule has 1 unspecified atom stereocenters.